The quantitative estimate of drug-likeness (QED) is 0.788. The molecule has 4 nitrogen and oxygen atoms in total. The molecular weight excluding hydrogens is 373 g/mol. The molecule has 0 heterocycles. The van der Waals surface area contributed by atoms with Gasteiger partial charge in [-0.25, -0.2) is 13.1 Å². The molecule has 0 amide bonds. The number of nitrogens with two attached hydrogens (primary N) is 1. The predicted molar refractivity (Wildman–Crippen MR) is 69.4 cm³/mol. The topological polar surface area (TPSA) is 72.2 Å². The van der Waals surface area contributed by atoms with Crippen molar-refractivity contribution in [2.45, 2.75) is 17.5 Å². The van der Waals surface area contributed by atoms with E-state index in [-0.39, 0.29) is 20.1 Å². The minimum Gasteiger partial charge on any atom is -0.398 e. The number of nitrogens with one attached hydrogen (secondary N) is 1. The Balaban J connectivity index is 2.95. The number of benzene rings is 1. The summed E-state index contributed by atoms with van der Waals surface area (Å²) in [5, 5.41) is 0.0666. The molecule has 19 heavy (non-hydrogen) atoms. The maximum atomic E-state index is 12.0. The van der Waals surface area contributed by atoms with Crippen LogP contribution in [0.15, 0.2) is 21.5 Å². The lowest BCUT2D eigenvalue weighted by atomic mass is 10.3. The van der Waals surface area contributed by atoms with Crippen molar-refractivity contribution in [3.8, 4) is 0 Å². The molecule has 0 saturated carbocycles. The molecule has 0 aliphatic rings. The van der Waals surface area contributed by atoms with E-state index < -0.39 is 29.2 Å². The van der Waals surface area contributed by atoms with Crippen molar-refractivity contribution in [3.05, 3.63) is 21.6 Å². The number of hydrogen-bond donors (Lipinski definition) is 2. The van der Waals surface area contributed by atoms with Crippen molar-refractivity contribution < 1.29 is 21.6 Å². The highest BCUT2D eigenvalue weighted by atomic mass is 79.9. The first-order valence-electron chi connectivity index (χ1n) is 4.84. The monoisotopic (exact) mass is 380 g/mol. The first kappa shape index (κ1) is 16.5. The van der Waals surface area contributed by atoms with Crippen LogP contribution in [-0.4, -0.2) is 21.1 Å². The summed E-state index contributed by atoms with van der Waals surface area (Å²) in [5.41, 5.74) is 5.59. The fraction of sp³-hybridized carbons (Fsp3) is 0.333. The summed E-state index contributed by atoms with van der Waals surface area (Å²) in [7, 11) is -4.12. The average molecular weight is 382 g/mol. The lowest BCUT2D eigenvalue weighted by Crippen LogP contribution is -2.28. The standard InChI is InChI=1S/C9H9BrClF3N2O2S/c10-8-6(15)3-5(11)4-7(8)19(17,18)16-2-1-9(12,13)14/h3-4,16H,1-2,15H2. The van der Waals surface area contributed by atoms with Crippen LogP contribution in [0.25, 0.3) is 0 Å². The molecule has 0 bridgehead atoms. The molecule has 0 unspecified atom stereocenters. The molecule has 3 N–H and O–H groups in total. The van der Waals surface area contributed by atoms with Crippen LogP contribution >= 0.6 is 27.5 Å². The van der Waals surface area contributed by atoms with Crippen molar-refractivity contribution in [2.24, 2.45) is 0 Å². The van der Waals surface area contributed by atoms with E-state index in [2.05, 4.69) is 15.9 Å². The van der Waals surface area contributed by atoms with E-state index in [4.69, 9.17) is 17.3 Å². The van der Waals surface area contributed by atoms with Gasteiger partial charge in [0.05, 0.1) is 15.8 Å². The molecular formula is C9H9BrClF3N2O2S. The fourth-order valence-electron chi connectivity index (χ4n) is 1.18. The Bertz CT molecular complexity index is 578. The fourth-order valence-corrected chi connectivity index (χ4v) is 3.51. The van der Waals surface area contributed by atoms with Gasteiger partial charge in [-0.2, -0.15) is 13.2 Å². The number of sulfonamides is 1. The molecule has 0 aromatic heterocycles. The Kier molecular flexibility index (Phi) is 5.10. The van der Waals surface area contributed by atoms with E-state index in [9.17, 15) is 21.6 Å². The van der Waals surface area contributed by atoms with Crippen molar-refractivity contribution in [2.75, 3.05) is 12.3 Å². The first-order chi connectivity index (χ1) is 8.53. The van der Waals surface area contributed by atoms with Gasteiger partial charge in [0.2, 0.25) is 10.0 Å². The molecule has 1 aromatic carbocycles. The van der Waals surface area contributed by atoms with Gasteiger partial charge in [-0.3, -0.25) is 0 Å². The Labute approximate surface area is 121 Å². The van der Waals surface area contributed by atoms with Crippen molar-refractivity contribution in [1.29, 1.82) is 0 Å². The molecule has 0 spiro atoms. The average Bonchev–Trinajstić information content (AvgIpc) is 2.20. The van der Waals surface area contributed by atoms with Gasteiger partial charge in [-0.15, -0.1) is 0 Å². The minimum absolute atomic E-state index is 0.0522. The molecule has 0 radical (unpaired) electrons. The number of alkyl halides is 3. The van der Waals surface area contributed by atoms with Crippen molar-refractivity contribution >= 4 is 43.2 Å². The van der Waals surface area contributed by atoms with E-state index >= 15 is 0 Å². The van der Waals surface area contributed by atoms with E-state index in [0.717, 1.165) is 6.07 Å². The zero-order valence-electron chi connectivity index (χ0n) is 9.26. The maximum absolute atomic E-state index is 12.0. The molecule has 0 fully saturated rings. The Morgan fingerprint density at radius 2 is 1.95 bits per heavy atom. The van der Waals surface area contributed by atoms with E-state index in [1.54, 1.807) is 0 Å². The van der Waals surface area contributed by atoms with E-state index in [1.807, 2.05) is 4.72 Å². The zero-order valence-corrected chi connectivity index (χ0v) is 12.4. The van der Waals surface area contributed by atoms with Crippen LogP contribution in [0.1, 0.15) is 6.42 Å². The lowest BCUT2D eigenvalue weighted by Gasteiger charge is -2.11. The molecule has 0 saturated heterocycles. The summed E-state index contributed by atoms with van der Waals surface area (Å²) in [4.78, 5) is -0.306. The normalized spacial score (nSPS) is 12.7. The summed E-state index contributed by atoms with van der Waals surface area (Å²) >= 11 is 8.62. The highest BCUT2D eigenvalue weighted by Gasteiger charge is 2.28. The van der Waals surface area contributed by atoms with Gasteiger partial charge in [-0.1, -0.05) is 11.6 Å². The Morgan fingerprint density at radius 3 is 2.47 bits per heavy atom. The number of hydrogen-bond acceptors (Lipinski definition) is 3. The van der Waals surface area contributed by atoms with Crippen LogP contribution in [0, 0.1) is 0 Å². The maximum Gasteiger partial charge on any atom is 0.390 e. The Morgan fingerprint density at radius 1 is 1.37 bits per heavy atom. The molecule has 1 rings (SSSR count). The van der Waals surface area contributed by atoms with E-state index in [1.165, 1.54) is 6.07 Å². The van der Waals surface area contributed by atoms with Gasteiger partial charge in [0.25, 0.3) is 0 Å². The number of halogens is 5. The predicted octanol–water partition coefficient (Wildman–Crippen LogP) is 2.92. The molecule has 0 atom stereocenters. The second-order valence-corrected chi connectivity index (χ2v) is 6.53. The van der Waals surface area contributed by atoms with Crippen LogP contribution in [-0.2, 0) is 10.0 Å². The molecule has 0 aliphatic heterocycles. The van der Waals surface area contributed by atoms with Crippen LogP contribution in [0.4, 0.5) is 18.9 Å². The second kappa shape index (κ2) is 5.86. The molecule has 10 heteroatoms. The minimum atomic E-state index is -4.44. The third-order valence-corrected chi connectivity index (χ3v) is 4.87. The van der Waals surface area contributed by atoms with Crippen LogP contribution in [0.2, 0.25) is 5.02 Å². The van der Waals surface area contributed by atoms with Gasteiger partial charge in [0.1, 0.15) is 0 Å². The second-order valence-electron chi connectivity index (χ2n) is 3.57. The lowest BCUT2D eigenvalue weighted by molar-refractivity contribution is -0.132. The van der Waals surface area contributed by atoms with Gasteiger partial charge in [0.15, 0.2) is 0 Å². The SMILES string of the molecule is Nc1cc(Cl)cc(S(=O)(=O)NCCC(F)(F)F)c1Br. The molecule has 1 aromatic rings. The van der Waals surface area contributed by atoms with Gasteiger partial charge >= 0.3 is 6.18 Å². The van der Waals surface area contributed by atoms with Crippen LogP contribution in [0.3, 0.4) is 0 Å². The van der Waals surface area contributed by atoms with Gasteiger partial charge in [0, 0.05) is 17.3 Å². The van der Waals surface area contributed by atoms with Gasteiger partial charge < -0.3 is 5.73 Å². The summed E-state index contributed by atoms with van der Waals surface area (Å²) < 4.78 is 61.4. The summed E-state index contributed by atoms with van der Waals surface area (Å²) in [6.45, 7) is -0.759. The van der Waals surface area contributed by atoms with Crippen LogP contribution in [0.5, 0.6) is 0 Å². The highest BCUT2D eigenvalue weighted by molar-refractivity contribution is 9.10. The third kappa shape index (κ3) is 4.83. The summed E-state index contributed by atoms with van der Waals surface area (Å²) in [6, 6.07) is 2.41. The molecule has 108 valence electrons. The smallest absolute Gasteiger partial charge is 0.390 e. The number of nitrogen functional groups attached to an aromatic ring is 1. The highest BCUT2D eigenvalue weighted by Crippen LogP contribution is 2.31. The van der Waals surface area contributed by atoms with Crippen molar-refractivity contribution in [3.63, 3.8) is 0 Å². The zero-order chi connectivity index (χ0) is 14.8. The molecule has 0 aliphatic carbocycles. The largest absolute Gasteiger partial charge is 0.398 e. The third-order valence-electron chi connectivity index (χ3n) is 2.02. The van der Waals surface area contributed by atoms with E-state index in [0.29, 0.717) is 0 Å². The summed E-state index contributed by atoms with van der Waals surface area (Å²) in [6.07, 6.45) is -5.70. The first-order valence-corrected chi connectivity index (χ1v) is 7.49. The number of rotatable bonds is 4. The number of anilines is 1. The summed E-state index contributed by atoms with van der Waals surface area (Å²) in [5.74, 6) is 0. The Hall–Kier alpha value is -0.510. The van der Waals surface area contributed by atoms with Crippen molar-refractivity contribution in [1.82, 2.24) is 4.72 Å². The van der Waals surface area contributed by atoms with Crippen LogP contribution < -0.4 is 10.5 Å². The van der Waals surface area contributed by atoms with Gasteiger partial charge in [-0.05, 0) is 28.1 Å².